The van der Waals surface area contributed by atoms with E-state index in [4.69, 9.17) is 47.6 Å². The highest BCUT2D eigenvalue weighted by atomic mass is 35.5. The van der Waals surface area contributed by atoms with Crippen LogP contribution in [0.1, 0.15) is 25.7 Å². The minimum atomic E-state index is 0.627. The molecule has 28 heavy (non-hydrogen) atoms. The van der Waals surface area contributed by atoms with Gasteiger partial charge in [0.2, 0.25) is 0 Å². The lowest BCUT2D eigenvalue weighted by Gasteiger charge is -2.11. The second-order valence-electron chi connectivity index (χ2n) is 6.19. The van der Waals surface area contributed by atoms with E-state index < -0.39 is 0 Å². The summed E-state index contributed by atoms with van der Waals surface area (Å²) in [6, 6.07) is 14.9. The monoisotopic (exact) mass is 454 g/mol. The molecule has 0 saturated carbocycles. The maximum absolute atomic E-state index is 5.87. The number of rotatable bonds is 9. The summed E-state index contributed by atoms with van der Waals surface area (Å²) in [5.41, 5.74) is 1.85. The van der Waals surface area contributed by atoms with Gasteiger partial charge in [-0.1, -0.05) is 36.0 Å². The standard InChI is InChI=1S/C20H24Cl2N4S2/c21-15-5-9-17(10-6-15)25-19(27)23-13-3-1-2-4-14-24-20(28)26-18-11-7-16(22)8-12-18/h5-12H,1-4,13-14H2,(H2,23,25,27)(H2,24,26,28). The highest BCUT2D eigenvalue weighted by molar-refractivity contribution is 7.80. The van der Waals surface area contributed by atoms with E-state index in [1.54, 1.807) is 0 Å². The molecule has 0 aliphatic heterocycles. The molecule has 150 valence electrons. The van der Waals surface area contributed by atoms with Gasteiger partial charge in [-0.05, 0) is 85.8 Å². The van der Waals surface area contributed by atoms with Gasteiger partial charge in [-0.3, -0.25) is 0 Å². The number of nitrogens with one attached hydrogen (secondary N) is 4. The van der Waals surface area contributed by atoms with Crippen LogP contribution < -0.4 is 21.3 Å². The topological polar surface area (TPSA) is 48.1 Å². The van der Waals surface area contributed by atoms with Crippen molar-refractivity contribution < 1.29 is 0 Å². The van der Waals surface area contributed by atoms with Crippen LogP contribution in [0, 0.1) is 0 Å². The highest BCUT2D eigenvalue weighted by Gasteiger charge is 1.99. The van der Waals surface area contributed by atoms with Gasteiger partial charge in [-0.15, -0.1) is 0 Å². The van der Waals surface area contributed by atoms with Gasteiger partial charge in [-0.2, -0.15) is 0 Å². The molecular formula is C20H24Cl2N4S2. The first-order chi connectivity index (χ1) is 13.5. The molecule has 0 aliphatic carbocycles. The second-order valence-corrected chi connectivity index (χ2v) is 7.88. The molecule has 0 heterocycles. The Morgan fingerprint density at radius 1 is 0.607 bits per heavy atom. The van der Waals surface area contributed by atoms with Gasteiger partial charge in [0.25, 0.3) is 0 Å². The van der Waals surface area contributed by atoms with E-state index in [1.807, 2.05) is 48.5 Å². The number of hydrogen-bond acceptors (Lipinski definition) is 2. The third kappa shape index (κ3) is 9.55. The van der Waals surface area contributed by atoms with E-state index in [-0.39, 0.29) is 0 Å². The summed E-state index contributed by atoms with van der Waals surface area (Å²) < 4.78 is 0. The van der Waals surface area contributed by atoms with Gasteiger partial charge in [0.05, 0.1) is 0 Å². The van der Waals surface area contributed by atoms with E-state index >= 15 is 0 Å². The molecular weight excluding hydrogens is 431 g/mol. The van der Waals surface area contributed by atoms with Crippen molar-refractivity contribution in [3.8, 4) is 0 Å². The maximum Gasteiger partial charge on any atom is 0.170 e. The van der Waals surface area contributed by atoms with Crippen molar-refractivity contribution in [2.75, 3.05) is 23.7 Å². The zero-order chi connectivity index (χ0) is 20.2. The number of halogens is 2. The molecule has 0 bridgehead atoms. The van der Waals surface area contributed by atoms with Gasteiger partial charge >= 0.3 is 0 Å². The first-order valence-electron chi connectivity index (χ1n) is 9.14. The van der Waals surface area contributed by atoms with Gasteiger partial charge in [0.1, 0.15) is 0 Å². The molecule has 2 rings (SSSR count). The van der Waals surface area contributed by atoms with Crippen LogP contribution in [0.15, 0.2) is 48.5 Å². The van der Waals surface area contributed by atoms with Gasteiger partial charge < -0.3 is 21.3 Å². The molecule has 4 nitrogen and oxygen atoms in total. The number of benzene rings is 2. The lowest BCUT2D eigenvalue weighted by atomic mass is 10.2. The summed E-state index contributed by atoms with van der Waals surface area (Å²) in [4.78, 5) is 0. The molecule has 0 saturated heterocycles. The quantitative estimate of drug-likeness (QED) is 0.282. The fourth-order valence-corrected chi connectivity index (χ4v) is 3.12. The van der Waals surface area contributed by atoms with Crippen LogP contribution in [-0.2, 0) is 0 Å². The molecule has 4 N–H and O–H groups in total. The molecule has 0 amide bonds. The molecule has 0 atom stereocenters. The van der Waals surface area contributed by atoms with E-state index in [1.165, 1.54) is 0 Å². The van der Waals surface area contributed by atoms with Crippen LogP contribution in [0.4, 0.5) is 11.4 Å². The average Bonchev–Trinajstić information content (AvgIpc) is 2.67. The minimum Gasteiger partial charge on any atom is -0.362 e. The zero-order valence-electron chi connectivity index (χ0n) is 15.4. The van der Waals surface area contributed by atoms with Crippen LogP contribution in [0.3, 0.4) is 0 Å². The highest BCUT2D eigenvalue weighted by Crippen LogP contribution is 2.14. The van der Waals surface area contributed by atoms with Crippen molar-refractivity contribution in [3.05, 3.63) is 58.6 Å². The lowest BCUT2D eigenvalue weighted by molar-refractivity contribution is 0.625. The summed E-state index contributed by atoms with van der Waals surface area (Å²) in [7, 11) is 0. The van der Waals surface area contributed by atoms with Crippen molar-refractivity contribution in [1.82, 2.24) is 10.6 Å². The lowest BCUT2D eigenvalue weighted by Crippen LogP contribution is -2.29. The average molecular weight is 455 g/mol. The molecule has 0 unspecified atom stereocenters. The predicted molar refractivity (Wildman–Crippen MR) is 130 cm³/mol. The molecule has 0 aromatic heterocycles. The third-order valence-electron chi connectivity index (χ3n) is 3.88. The van der Waals surface area contributed by atoms with Crippen LogP contribution in [-0.4, -0.2) is 23.3 Å². The fourth-order valence-electron chi connectivity index (χ4n) is 2.42. The predicted octanol–water partition coefficient (Wildman–Crippen LogP) is 5.83. The Hall–Kier alpha value is -1.60. The Balaban J connectivity index is 1.45. The Morgan fingerprint density at radius 3 is 1.32 bits per heavy atom. The maximum atomic E-state index is 5.87. The first-order valence-corrected chi connectivity index (χ1v) is 10.7. The van der Waals surface area contributed by atoms with E-state index in [0.29, 0.717) is 20.3 Å². The normalized spacial score (nSPS) is 10.2. The van der Waals surface area contributed by atoms with Crippen LogP contribution >= 0.6 is 47.6 Å². The number of hydrogen-bond donors (Lipinski definition) is 4. The third-order valence-corrected chi connectivity index (χ3v) is 4.88. The molecule has 2 aromatic carbocycles. The van der Waals surface area contributed by atoms with Crippen molar-refractivity contribution in [2.45, 2.75) is 25.7 Å². The fraction of sp³-hybridized carbons (Fsp3) is 0.300. The van der Waals surface area contributed by atoms with Crippen molar-refractivity contribution in [1.29, 1.82) is 0 Å². The smallest absolute Gasteiger partial charge is 0.170 e. The Kier molecular flexibility index (Phi) is 10.4. The largest absolute Gasteiger partial charge is 0.362 e. The summed E-state index contributed by atoms with van der Waals surface area (Å²) >= 11 is 22.3. The zero-order valence-corrected chi connectivity index (χ0v) is 18.6. The van der Waals surface area contributed by atoms with E-state index in [0.717, 1.165) is 50.1 Å². The van der Waals surface area contributed by atoms with E-state index in [2.05, 4.69) is 21.3 Å². The minimum absolute atomic E-state index is 0.627. The van der Waals surface area contributed by atoms with Gasteiger partial charge in [0, 0.05) is 34.5 Å². The molecule has 0 aliphatic rings. The van der Waals surface area contributed by atoms with Crippen LogP contribution in [0.5, 0.6) is 0 Å². The molecule has 0 fully saturated rings. The van der Waals surface area contributed by atoms with Crippen LogP contribution in [0.2, 0.25) is 10.0 Å². The summed E-state index contributed by atoms with van der Waals surface area (Å²) in [6.45, 7) is 1.70. The number of unbranched alkanes of at least 4 members (excludes halogenated alkanes) is 3. The number of anilines is 2. The Labute approximate surface area is 187 Å². The SMILES string of the molecule is S=C(NCCCCCCNC(=S)Nc1ccc(Cl)cc1)Nc1ccc(Cl)cc1. The van der Waals surface area contributed by atoms with Gasteiger partial charge in [0.15, 0.2) is 10.2 Å². The number of thiocarbonyl (C=S) groups is 2. The Morgan fingerprint density at radius 2 is 0.964 bits per heavy atom. The molecule has 0 radical (unpaired) electrons. The van der Waals surface area contributed by atoms with Crippen molar-refractivity contribution in [3.63, 3.8) is 0 Å². The first kappa shape index (κ1) is 22.7. The van der Waals surface area contributed by atoms with Crippen molar-refractivity contribution >= 4 is 69.2 Å². The van der Waals surface area contributed by atoms with Crippen LogP contribution in [0.25, 0.3) is 0 Å². The summed E-state index contributed by atoms with van der Waals surface area (Å²) in [5, 5.41) is 15.4. The Bertz CT molecular complexity index is 686. The van der Waals surface area contributed by atoms with E-state index in [9.17, 15) is 0 Å². The molecule has 0 spiro atoms. The summed E-state index contributed by atoms with van der Waals surface area (Å²) in [5.74, 6) is 0. The molecule has 8 heteroatoms. The summed E-state index contributed by atoms with van der Waals surface area (Å²) in [6.07, 6.45) is 4.40. The second kappa shape index (κ2) is 12.8. The van der Waals surface area contributed by atoms with Gasteiger partial charge in [-0.25, -0.2) is 0 Å². The van der Waals surface area contributed by atoms with Crippen molar-refractivity contribution in [2.24, 2.45) is 0 Å². The molecule has 2 aromatic rings.